The van der Waals surface area contributed by atoms with E-state index in [1.54, 1.807) is 11.1 Å². The van der Waals surface area contributed by atoms with Crippen LogP contribution in [0.2, 0.25) is 0 Å². The number of hydrogen-bond acceptors (Lipinski definition) is 7. The first kappa shape index (κ1) is 19.9. The Morgan fingerprint density at radius 3 is 2.70 bits per heavy atom. The van der Waals surface area contributed by atoms with Crippen LogP contribution in [0.4, 0.5) is 11.5 Å². The van der Waals surface area contributed by atoms with Crippen molar-refractivity contribution in [3.8, 4) is 0 Å². The molecule has 0 spiro atoms. The van der Waals surface area contributed by atoms with Crippen molar-refractivity contribution < 1.29 is 9.53 Å². The van der Waals surface area contributed by atoms with Crippen LogP contribution in [0.5, 0.6) is 0 Å². The number of nitrogens with zero attached hydrogens (tertiary/aromatic N) is 5. The van der Waals surface area contributed by atoms with Gasteiger partial charge >= 0.3 is 0 Å². The van der Waals surface area contributed by atoms with E-state index in [0.29, 0.717) is 25.4 Å². The topological polar surface area (TPSA) is 93.1 Å². The number of carbonyl (C=O) groups excluding carboxylic acids is 1. The molecule has 1 fully saturated rings. The summed E-state index contributed by atoms with van der Waals surface area (Å²) in [5.41, 5.74) is 4.57. The molecule has 0 aliphatic carbocycles. The number of anilines is 2. The molecule has 30 heavy (non-hydrogen) atoms. The zero-order chi connectivity index (χ0) is 21.1. The second-order valence-electron chi connectivity index (χ2n) is 7.36. The fourth-order valence-electron chi connectivity index (χ4n) is 3.37. The summed E-state index contributed by atoms with van der Waals surface area (Å²) in [5.74, 6) is 0.622. The molecular formula is C22H24N6O2. The number of morpholine rings is 1. The highest BCUT2D eigenvalue weighted by atomic mass is 16.5. The third kappa shape index (κ3) is 4.60. The molecule has 4 rings (SSSR count). The first-order valence-corrected chi connectivity index (χ1v) is 9.87. The molecule has 3 aromatic rings. The standard InChI is InChI=1S/C22H24N6O2/c1-14-5-4-6-21(26-14)27-17-9-15(2)25-18(10-17)20-13-28(7-8-30-20)22(29)19-12-23-16(3)11-24-19/h4-6,9-12,20H,7-8,13H2,1-3H3,(H,25,26,27)/t20-/m0/s1. The molecular weight excluding hydrogens is 380 g/mol. The van der Waals surface area contributed by atoms with Crippen LogP contribution in [0.15, 0.2) is 42.7 Å². The van der Waals surface area contributed by atoms with E-state index in [0.717, 1.165) is 34.3 Å². The Balaban J connectivity index is 1.52. The molecule has 0 radical (unpaired) electrons. The molecule has 1 atom stereocenters. The Bertz CT molecular complexity index is 1050. The Morgan fingerprint density at radius 2 is 1.93 bits per heavy atom. The van der Waals surface area contributed by atoms with E-state index >= 15 is 0 Å². The summed E-state index contributed by atoms with van der Waals surface area (Å²) < 4.78 is 5.94. The van der Waals surface area contributed by atoms with Gasteiger partial charge in [-0.15, -0.1) is 0 Å². The molecule has 0 saturated carbocycles. The summed E-state index contributed by atoms with van der Waals surface area (Å²) in [6.45, 7) is 7.09. The summed E-state index contributed by atoms with van der Waals surface area (Å²) in [4.78, 5) is 32.1. The van der Waals surface area contributed by atoms with Crippen molar-refractivity contribution in [2.24, 2.45) is 0 Å². The van der Waals surface area contributed by atoms with E-state index in [4.69, 9.17) is 4.74 Å². The lowest BCUT2D eigenvalue weighted by Gasteiger charge is -2.32. The third-order valence-corrected chi connectivity index (χ3v) is 4.82. The minimum Gasteiger partial charge on any atom is -0.368 e. The molecule has 1 aliphatic rings. The number of nitrogens with one attached hydrogen (secondary N) is 1. The molecule has 4 heterocycles. The molecule has 1 saturated heterocycles. The van der Waals surface area contributed by atoms with Crippen molar-refractivity contribution >= 4 is 17.4 Å². The maximum atomic E-state index is 12.8. The molecule has 0 aromatic carbocycles. The number of aryl methyl sites for hydroxylation is 3. The van der Waals surface area contributed by atoms with Crippen LogP contribution < -0.4 is 5.32 Å². The van der Waals surface area contributed by atoms with E-state index in [2.05, 4.69) is 25.3 Å². The van der Waals surface area contributed by atoms with E-state index in [9.17, 15) is 4.79 Å². The van der Waals surface area contributed by atoms with Crippen molar-refractivity contribution in [3.63, 3.8) is 0 Å². The van der Waals surface area contributed by atoms with Crippen LogP contribution in [0.25, 0.3) is 0 Å². The molecule has 0 unspecified atom stereocenters. The van der Waals surface area contributed by atoms with Crippen molar-refractivity contribution in [3.05, 3.63) is 71.2 Å². The van der Waals surface area contributed by atoms with Crippen molar-refractivity contribution in [1.29, 1.82) is 0 Å². The Kier molecular flexibility index (Phi) is 5.67. The van der Waals surface area contributed by atoms with Crippen molar-refractivity contribution in [1.82, 2.24) is 24.8 Å². The van der Waals surface area contributed by atoms with E-state index in [1.807, 2.05) is 51.1 Å². The Hall–Kier alpha value is -3.39. The van der Waals surface area contributed by atoms with Gasteiger partial charge in [0.25, 0.3) is 5.91 Å². The van der Waals surface area contributed by atoms with Crippen LogP contribution in [0.3, 0.4) is 0 Å². The second-order valence-corrected chi connectivity index (χ2v) is 7.36. The predicted octanol–water partition coefficient (Wildman–Crippen LogP) is 3.15. The van der Waals surface area contributed by atoms with Gasteiger partial charge in [0.2, 0.25) is 0 Å². The molecule has 1 aliphatic heterocycles. The van der Waals surface area contributed by atoms with Gasteiger partial charge in [-0.2, -0.15) is 0 Å². The molecule has 8 nitrogen and oxygen atoms in total. The average molecular weight is 404 g/mol. The van der Waals surface area contributed by atoms with Gasteiger partial charge in [0.05, 0.1) is 30.7 Å². The fraction of sp³-hybridized carbons (Fsp3) is 0.318. The molecule has 3 aromatic heterocycles. The van der Waals surface area contributed by atoms with Crippen LogP contribution in [-0.2, 0) is 4.74 Å². The number of rotatable bonds is 4. The number of hydrogen-bond donors (Lipinski definition) is 1. The lowest BCUT2D eigenvalue weighted by molar-refractivity contribution is -0.0249. The van der Waals surface area contributed by atoms with Crippen LogP contribution >= 0.6 is 0 Å². The quantitative estimate of drug-likeness (QED) is 0.714. The highest BCUT2D eigenvalue weighted by Gasteiger charge is 2.28. The van der Waals surface area contributed by atoms with Crippen molar-refractivity contribution in [2.75, 3.05) is 25.0 Å². The van der Waals surface area contributed by atoms with Crippen molar-refractivity contribution in [2.45, 2.75) is 26.9 Å². The highest BCUT2D eigenvalue weighted by Crippen LogP contribution is 2.26. The minimum absolute atomic E-state index is 0.147. The Morgan fingerprint density at radius 1 is 1.07 bits per heavy atom. The predicted molar refractivity (Wildman–Crippen MR) is 113 cm³/mol. The van der Waals surface area contributed by atoms with Crippen LogP contribution in [0.1, 0.15) is 39.4 Å². The highest BCUT2D eigenvalue weighted by molar-refractivity contribution is 5.92. The second kappa shape index (κ2) is 8.54. The molecule has 1 amide bonds. The lowest BCUT2D eigenvalue weighted by Crippen LogP contribution is -2.42. The van der Waals surface area contributed by atoms with E-state index in [-0.39, 0.29) is 12.0 Å². The number of ether oxygens (including phenoxy) is 1. The zero-order valence-corrected chi connectivity index (χ0v) is 17.3. The number of amides is 1. The van der Waals surface area contributed by atoms with Gasteiger partial charge in [0.15, 0.2) is 0 Å². The first-order valence-electron chi connectivity index (χ1n) is 9.87. The summed E-state index contributed by atoms with van der Waals surface area (Å²) in [6.07, 6.45) is 2.81. The largest absolute Gasteiger partial charge is 0.368 e. The lowest BCUT2D eigenvalue weighted by atomic mass is 10.1. The number of pyridine rings is 2. The van der Waals surface area contributed by atoms with Gasteiger partial charge < -0.3 is 15.0 Å². The summed E-state index contributed by atoms with van der Waals surface area (Å²) in [5, 5.41) is 3.32. The van der Waals surface area contributed by atoms with Gasteiger partial charge in [-0.25, -0.2) is 9.97 Å². The minimum atomic E-state index is -0.313. The average Bonchev–Trinajstić information content (AvgIpc) is 2.73. The monoisotopic (exact) mass is 404 g/mol. The van der Waals surface area contributed by atoms with Crippen LogP contribution in [0, 0.1) is 20.8 Å². The Labute approximate surface area is 175 Å². The maximum absolute atomic E-state index is 12.8. The number of aromatic nitrogens is 4. The fourth-order valence-corrected chi connectivity index (χ4v) is 3.37. The first-order chi connectivity index (χ1) is 14.5. The van der Waals surface area contributed by atoms with Gasteiger partial charge in [-0.1, -0.05) is 6.07 Å². The molecule has 154 valence electrons. The maximum Gasteiger partial charge on any atom is 0.274 e. The van der Waals surface area contributed by atoms with Gasteiger partial charge in [0, 0.05) is 29.8 Å². The molecule has 0 bridgehead atoms. The van der Waals surface area contributed by atoms with E-state index in [1.165, 1.54) is 6.20 Å². The zero-order valence-electron chi connectivity index (χ0n) is 17.3. The summed E-state index contributed by atoms with van der Waals surface area (Å²) >= 11 is 0. The van der Waals surface area contributed by atoms with E-state index < -0.39 is 0 Å². The number of carbonyl (C=O) groups is 1. The SMILES string of the molecule is Cc1cnc(C(=O)N2CCO[C@H](c3cc(Nc4cccc(C)n4)cc(C)n3)C2)cn1. The summed E-state index contributed by atoms with van der Waals surface area (Å²) in [6, 6.07) is 9.74. The normalized spacial score (nSPS) is 16.4. The van der Waals surface area contributed by atoms with Gasteiger partial charge in [-0.3, -0.25) is 14.8 Å². The van der Waals surface area contributed by atoms with Crippen LogP contribution in [-0.4, -0.2) is 50.4 Å². The van der Waals surface area contributed by atoms with Gasteiger partial charge in [-0.05, 0) is 45.0 Å². The summed E-state index contributed by atoms with van der Waals surface area (Å²) in [7, 11) is 0. The molecule has 1 N–H and O–H groups in total. The smallest absolute Gasteiger partial charge is 0.274 e. The molecule has 8 heteroatoms. The third-order valence-electron chi connectivity index (χ3n) is 4.82. The van der Waals surface area contributed by atoms with Gasteiger partial charge in [0.1, 0.15) is 17.6 Å².